The molecule has 0 radical (unpaired) electrons. The number of hydrogen-bond donors (Lipinski definition) is 2. The van der Waals surface area contributed by atoms with Crippen LogP contribution in [0.5, 0.6) is 11.5 Å². The molecule has 4 rings (SSSR count). The van der Waals surface area contributed by atoms with Crippen LogP contribution in [0.3, 0.4) is 0 Å². The minimum Gasteiger partial charge on any atom is -0.495 e. The molecule has 0 aliphatic rings. The molecule has 33 heavy (non-hydrogen) atoms. The van der Waals surface area contributed by atoms with Crippen molar-refractivity contribution in [2.75, 3.05) is 14.2 Å². The molecule has 0 aliphatic carbocycles. The summed E-state index contributed by atoms with van der Waals surface area (Å²) in [7, 11) is 2.79. The van der Waals surface area contributed by atoms with Crippen molar-refractivity contribution in [1.82, 2.24) is 0 Å². The van der Waals surface area contributed by atoms with Gasteiger partial charge in [0.15, 0.2) is 10.9 Å². The van der Waals surface area contributed by atoms with Gasteiger partial charge in [0, 0.05) is 24.3 Å². The van der Waals surface area contributed by atoms with Crippen molar-refractivity contribution in [3.63, 3.8) is 0 Å². The van der Waals surface area contributed by atoms with Crippen LogP contribution in [0.25, 0.3) is 21.9 Å². The van der Waals surface area contributed by atoms with Gasteiger partial charge in [-0.3, -0.25) is 9.59 Å². The highest BCUT2D eigenvalue weighted by Crippen LogP contribution is 2.42. The van der Waals surface area contributed by atoms with Gasteiger partial charge in [-0.05, 0) is 12.1 Å². The third-order valence-corrected chi connectivity index (χ3v) is 5.75. The second-order valence-corrected chi connectivity index (χ2v) is 7.74. The Morgan fingerprint density at radius 3 is 1.45 bits per heavy atom. The van der Waals surface area contributed by atoms with Crippen LogP contribution in [0.15, 0.2) is 64.6 Å². The summed E-state index contributed by atoms with van der Waals surface area (Å²) in [6.45, 7) is 0. The van der Waals surface area contributed by atoms with Crippen molar-refractivity contribution in [1.29, 1.82) is 0 Å². The maximum atomic E-state index is 12.4. The quantitative estimate of drug-likeness (QED) is 0.426. The topological polar surface area (TPSA) is 153 Å². The fraction of sp³-hybridized carbons (Fsp3) is 0.0909. The number of carboxylic acid groups (broad SMARTS) is 2. The average molecular weight is 470 g/mol. The largest absolute Gasteiger partial charge is 0.495 e. The smallest absolute Gasteiger partial charge is 0.371 e. The van der Waals surface area contributed by atoms with Crippen LogP contribution >= 0.6 is 11.8 Å². The molecule has 2 aromatic carbocycles. The minimum absolute atomic E-state index is 0.0356. The first-order chi connectivity index (χ1) is 15.7. The van der Waals surface area contributed by atoms with Crippen molar-refractivity contribution in [3.8, 4) is 11.5 Å². The van der Waals surface area contributed by atoms with Crippen molar-refractivity contribution >= 4 is 45.6 Å². The Kier molecular flexibility index (Phi) is 5.56. The Labute approximate surface area is 188 Å². The van der Waals surface area contributed by atoms with E-state index in [1.165, 1.54) is 38.5 Å². The number of carbonyl (C=O) groups is 2. The van der Waals surface area contributed by atoms with E-state index in [9.17, 15) is 19.2 Å². The van der Waals surface area contributed by atoms with Gasteiger partial charge in [0.1, 0.15) is 22.7 Å². The van der Waals surface area contributed by atoms with Crippen molar-refractivity contribution in [2.24, 2.45) is 0 Å². The van der Waals surface area contributed by atoms with E-state index in [0.717, 1.165) is 23.9 Å². The van der Waals surface area contributed by atoms with Crippen LogP contribution in [0.4, 0.5) is 0 Å². The van der Waals surface area contributed by atoms with E-state index in [2.05, 4.69) is 0 Å². The molecule has 10 nitrogen and oxygen atoms in total. The molecule has 0 saturated heterocycles. The second-order valence-electron chi connectivity index (χ2n) is 6.66. The van der Waals surface area contributed by atoms with Crippen molar-refractivity contribution in [2.45, 2.75) is 9.79 Å². The summed E-state index contributed by atoms with van der Waals surface area (Å²) in [4.78, 5) is 48.2. The maximum absolute atomic E-state index is 12.4. The number of rotatable bonds is 6. The summed E-state index contributed by atoms with van der Waals surface area (Å²) >= 11 is 1.11. The zero-order valence-corrected chi connectivity index (χ0v) is 17.8. The summed E-state index contributed by atoms with van der Waals surface area (Å²) < 4.78 is 21.3. The van der Waals surface area contributed by atoms with Gasteiger partial charge in [0.25, 0.3) is 0 Å². The molecule has 0 spiro atoms. The van der Waals surface area contributed by atoms with Crippen molar-refractivity contribution < 1.29 is 38.1 Å². The maximum Gasteiger partial charge on any atom is 0.371 e. The first kappa shape index (κ1) is 22.0. The monoisotopic (exact) mass is 470 g/mol. The second kappa shape index (κ2) is 8.36. The Morgan fingerprint density at radius 2 is 1.12 bits per heavy atom. The molecular weight excluding hydrogens is 456 g/mol. The molecule has 0 aliphatic heterocycles. The molecule has 0 unspecified atom stereocenters. The summed E-state index contributed by atoms with van der Waals surface area (Å²) in [6.07, 6.45) is 0. The number of aromatic carboxylic acids is 2. The normalized spacial score (nSPS) is 11.0. The van der Waals surface area contributed by atoms with Gasteiger partial charge in [-0.15, -0.1) is 0 Å². The number of hydrogen-bond acceptors (Lipinski definition) is 9. The standard InChI is InChI=1S/C22H14O10S/c1-29-15-7-13-9(11(23)5-17(31-13)21(25)26)3-19(15)33-20-4-10-12(24)6-18(22(27)28)32-14(10)8-16(20)30-2/h3-8H,1-2H3,(H,25,26)(H,27,28). The molecule has 4 aromatic rings. The van der Waals surface area contributed by atoms with E-state index >= 15 is 0 Å². The van der Waals surface area contributed by atoms with Gasteiger partial charge in [0.05, 0.1) is 34.8 Å². The van der Waals surface area contributed by atoms with Crippen LogP contribution < -0.4 is 20.3 Å². The van der Waals surface area contributed by atoms with Gasteiger partial charge in [0.2, 0.25) is 11.5 Å². The fourth-order valence-corrected chi connectivity index (χ4v) is 4.21. The van der Waals surface area contributed by atoms with E-state index in [1.807, 2.05) is 0 Å². The Morgan fingerprint density at radius 1 is 0.727 bits per heavy atom. The average Bonchev–Trinajstić information content (AvgIpc) is 2.78. The van der Waals surface area contributed by atoms with Crippen LogP contribution in [-0.2, 0) is 0 Å². The third kappa shape index (κ3) is 4.01. The third-order valence-electron chi connectivity index (χ3n) is 4.67. The summed E-state index contributed by atoms with van der Waals surface area (Å²) in [5.74, 6) is -3.19. The number of benzene rings is 2. The van der Waals surface area contributed by atoms with Crippen LogP contribution in [0.1, 0.15) is 21.1 Å². The highest BCUT2D eigenvalue weighted by atomic mass is 32.2. The van der Waals surface area contributed by atoms with Gasteiger partial charge >= 0.3 is 11.9 Å². The predicted molar refractivity (Wildman–Crippen MR) is 116 cm³/mol. The van der Waals surface area contributed by atoms with Gasteiger partial charge in [-0.2, -0.15) is 0 Å². The zero-order chi connectivity index (χ0) is 23.9. The summed E-state index contributed by atoms with van der Waals surface area (Å²) in [6, 6.07) is 7.52. The molecule has 2 N–H and O–H groups in total. The fourth-order valence-electron chi connectivity index (χ4n) is 3.13. The van der Waals surface area contributed by atoms with Crippen molar-refractivity contribution in [3.05, 3.63) is 68.4 Å². The summed E-state index contributed by atoms with van der Waals surface area (Å²) in [5, 5.41) is 18.5. The van der Waals surface area contributed by atoms with Gasteiger partial charge < -0.3 is 28.5 Å². The van der Waals surface area contributed by atoms with Crippen LogP contribution in [0.2, 0.25) is 0 Å². The van der Waals surface area contributed by atoms with Crippen LogP contribution in [-0.4, -0.2) is 36.4 Å². The lowest BCUT2D eigenvalue weighted by Crippen LogP contribution is -2.07. The van der Waals surface area contributed by atoms with E-state index in [0.29, 0.717) is 9.79 Å². The number of carboxylic acids is 2. The molecule has 0 saturated carbocycles. The van der Waals surface area contributed by atoms with E-state index in [1.54, 1.807) is 0 Å². The number of ether oxygens (including phenoxy) is 2. The Bertz CT molecular complexity index is 1450. The Balaban J connectivity index is 1.88. The van der Waals surface area contributed by atoms with Gasteiger partial charge in [-0.1, -0.05) is 11.8 Å². The molecule has 0 fully saturated rings. The lowest BCUT2D eigenvalue weighted by molar-refractivity contribution is 0.0653. The highest BCUT2D eigenvalue weighted by Gasteiger charge is 2.19. The van der Waals surface area contributed by atoms with Crippen LogP contribution in [0, 0.1) is 0 Å². The first-order valence-corrected chi connectivity index (χ1v) is 9.99. The zero-order valence-electron chi connectivity index (χ0n) is 17.0. The summed E-state index contributed by atoms with van der Waals surface area (Å²) in [5.41, 5.74) is -1.03. The lowest BCUT2D eigenvalue weighted by atomic mass is 10.2. The highest BCUT2D eigenvalue weighted by molar-refractivity contribution is 7.99. The molecular formula is C22H14O10S. The molecule has 0 bridgehead atoms. The molecule has 2 aromatic heterocycles. The number of fused-ring (bicyclic) bond motifs is 2. The predicted octanol–water partition coefficient (Wildman–Crippen LogP) is 3.46. The molecule has 168 valence electrons. The lowest BCUT2D eigenvalue weighted by Gasteiger charge is -2.13. The van der Waals surface area contributed by atoms with E-state index in [-0.39, 0.29) is 33.4 Å². The minimum atomic E-state index is -1.38. The van der Waals surface area contributed by atoms with E-state index in [4.69, 9.17) is 28.5 Å². The molecule has 0 atom stereocenters. The molecule has 11 heteroatoms. The SMILES string of the molecule is COc1cc2oc(C(=O)O)cc(=O)c2cc1Sc1cc2c(=O)cc(C(=O)O)oc2cc1OC. The molecule has 0 amide bonds. The first-order valence-electron chi connectivity index (χ1n) is 9.18. The number of methoxy groups -OCH3 is 2. The molecule has 2 heterocycles. The van der Waals surface area contributed by atoms with E-state index < -0.39 is 34.3 Å². The van der Waals surface area contributed by atoms with Gasteiger partial charge in [-0.25, -0.2) is 9.59 Å². The Hall–Kier alpha value is -4.25.